The van der Waals surface area contributed by atoms with E-state index in [9.17, 15) is 8.78 Å². The number of halogens is 2. The zero-order valence-corrected chi connectivity index (χ0v) is 9.11. The van der Waals surface area contributed by atoms with Gasteiger partial charge in [-0.25, -0.2) is 13.8 Å². The van der Waals surface area contributed by atoms with Crippen LogP contribution in [0.15, 0.2) is 30.7 Å². The molecule has 0 unspecified atom stereocenters. The first-order chi connectivity index (χ1) is 7.56. The molecule has 0 aliphatic rings. The molecule has 2 aromatic rings. The highest BCUT2D eigenvalue weighted by atomic mass is 19.1. The quantitative estimate of drug-likeness (QED) is 0.762. The summed E-state index contributed by atoms with van der Waals surface area (Å²) in [5.74, 6) is -0.885. The van der Waals surface area contributed by atoms with Crippen LogP contribution in [0.2, 0.25) is 0 Å². The maximum Gasteiger partial charge on any atom is 0.128 e. The monoisotopic (exact) mass is 222 g/mol. The molecular weight excluding hydrogens is 210 g/mol. The Kier molecular flexibility index (Phi) is 2.73. The van der Waals surface area contributed by atoms with Gasteiger partial charge in [0.2, 0.25) is 0 Å². The van der Waals surface area contributed by atoms with Crippen molar-refractivity contribution in [1.82, 2.24) is 9.55 Å². The summed E-state index contributed by atoms with van der Waals surface area (Å²) in [5.41, 5.74) is 1.33. The van der Waals surface area contributed by atoms with Gasteiger partial charge in [-0.2, -0.15) is 0 Å². The fraction of sp³-hybridized carbons (Fsp3) is 0.250. The minimum absolute atomic E-state index is 0.291. The van der Waals surface area contributed by atoms with Gasteiger partial charge in [0, 0.05) is 12.3 Å². The predicted octanol–water partition coefficient (Wildman–Crippen LogP) is 3.27. The number of hydrogen-bond acceptors (Lipinski definition) is 1. The Labute approximate surface area is 92.6 Å². The Balaban J connectivity index is 2.42. The van der Waals surface area contributed by atoms with Crippen LogP contribution in [0.5, 0.6) is 0 Å². The molecule has 0 saturated heterocycles. The molecule has 4 heteroatoms. The molecule has 0 saturated carbocycles. The first-order valence-corrected chi connectivity index (χ1v) is 5.06. The Morgan fingerprint density at radius 1 is 1.12 bits per heavy atom. The summed E-state index contributed by atoms with van der Waals surface area (Å²) >= 11 is 0. The van der Waals surface area contributed by atoms with Crippen molar-refractivity contribution in [2.45, 2.75) is 19.8 Å². The second-order valence-corrected chi connectivity index (χ2v) is 3.99. The van der Waals surface area contributed by atoms with E-state index in [4.69, 9.17) is 0 Å². The van der Waals surface area contributed by atoms with Crippen LogP contribution in [-0.4, -0.2) is 9.55 Å². The number of benzene rings is 1. The molecule has 2 rings (SSSR count). The Hall–Kier alpha value is -1.71. The van der Waals surface area contributed by atoms with Crippen LogP contribution in [0.4, 0.5) is 8.78 Å². The second-order valence-electron chi connectivity index (χ2n) is 3.99. The van der Waals surface area contributed by atoms with Crippen molar-refractivity contribution in [3.05, 3.63) is 48.1 Å². The Morgan fingerprint density at radius 3 is 2.25 bits per heavy atom. The van der Waals surface area contributed by atoms with Gasteiger partial charge < -0.3 is 4.57 Å². The minimum atomic E-state index is -0.588. The summed E-state index contributed by atoms with van der Waals surface area (Å²) < 4.78 is 27.6. The van der Waals surface area contributed by atoms with E-state index in [1.54, 1.807) is 17.1 Å². The number of imidazole rings is 1. The molecule has 2 nitrogen and oxygen atoms in total. The fourth-order valence-corrected chi connectivity index (χ4v) is 1.47. The number of nitrogens with zero attached hydrogens (tertiary/aromatic N) is 2. The van der Waals surface area contributed by atoms with Gasteiger partial charge in [-0.1, -0.05) is 13.8 Å². The molecule has 0 aliphatic heterocycles. The lowest BCUT2D eigenvalue weighted by Gasteiger charge is -2.02. The van der Waals surface area contributed by atoms with Crippen LogP contribution in [-0.2, 0) is 0 Å². The summed E-state index contributed by atoms with van der Waals surface area (Å²) in [6.07, 6.45) is 3.34. The van der Waals surface area contributed by atoms with Gasteiger partial charge in [0.05, 0.1) is 17.7 Å². The van der Waals surface area contributed by atoms with Crippen LogP contribution >= 0.6 is 0 Å². The van der Waals surface area contributed by atoms with Gasteiger partial charge in [0.25, 0.3) is 0 Å². The van der Waals surface area contributed by atoms with Gasteiger partial charge in [-0.05, 0) is 18.1 Å². The van der Waals surface area contributed by atoms with Crippen molar-refractivity contribution < 1.29 is 8.78 Å². The van der Waals surface area contributed by atoms with Crippen LogP contribution in [0.3, 0.4) is 0 Å². The lowest BCUT2D eigenvalue weighted by atomic mass is 10.2. The van der Waals surface area contributed by atoms with E-state index >= 15 is 0 Å². The molecule has 0 aliphatic carbocycles. The van der Waals surface area contributed by atoms with Crippen molar-refractivity contribution >= 4 is 0 Å². The molecule has 84 valence electrons. The third-order valence-electron chi connectivity index (χ3n) is 2.34. The van der Waals surface area contributed by atoms with Gasteiger partial charge in [0.1, 0.15) is 11.6 Å². The lowest BCUT2D eigenvalue weighted by molar-refractivity contribution is 0.581. The normalized spacial score (nSPS) is 11.1. The number of rotatable bonds is 2. The molecule has 1 aromatic carbocycles. The zero-order valence-electron chi connectivity index (χ0n) is 9.11. The average molecular weight is 222 g/mol. The SMILES string of the molecule is CC(C)c1cn(-c2cc(F)cc(F)c2)cn1. The van der Waals surface area contributed by atoms with Crippen molar-refractivity contribution in [3.8, 4) is 5.69 Å². The molecule has 0 amide bonds. The van der Waals surface area contributed by atoms with Crippen molar-refractivity contribution in [3.63, 3.8) is 0 Å². The summed E-state index contributed by atoms with van der Waals surface area (Å²) in [5, 5.41) is 0. The van der Waals surface area contributed by atoms with E-state index in [0.717, 1.165) is 11.8 Å². The molecule has 1 heterocycles. The molecule has 0 N–H and O–H groups in total. The molecule has 0 radical (unpaired) electrons. The Morgan fingerprint density at radius 2 is 1.75 bits per heavy atom. The highest BCUT2D eigenvalue weighted by Gasteiger charge is 2.06. The maximum absolute atomic E-state index is 13.0. The van der Waals surface area contributed by atoms with Crippen molar-refractivity contribution in [1.29, 1.82) is 0 Å². The van der Waals surface area contributed by atoms with Gasteiger partial charge in [0.15, 0.2) is 0 Å². The standard InChI is InChI=1S/C12H12F2N2/c1-8(2)12-6-16(7-15-12)11-4-9(13)3-10(14)5-11/h3-8H,1-2H3. The summed E-state index contributed by atoms with van der Waals surface area (Å²) in [6.45, 7) is 4.03. The molecule has 0 spiro atoms. The summed E-state index contributed by atoms with van der Waals surface area (Å²) in [6, 6.07) is 3.40. The summed E-state index contributed by atoms with van der Waals surface area (Å²) in [7, 11) is 0. The van der Waals surface area contributed by atoms with Crippen LogP contribution in [0.25, 0.3) is 5.69 Å². The Bertz CT molecular complexity index is 483. The van der Waals surface area contributed by atoms with E-state index in [0.29, 0.717) is 11.6 Å². The third-order valence-corrected chi connectivity index (χ3v) is 2.34. The molecule has 0 bridgehead atoms. The molecule has 0 fully saturated rings. The van der Waals surface area contributed by atoms with E-state index in [-0.39, 0.29) is 0 Å². The first kappa shape index (κ1) is 10.8. The van der Waals surface area contributed by atoms with E-state index < -0.39 is 11.6 Å². The number of aromatic nitrogens is 2. The highest BCUT2D eigenvalue weighted by molar-refractivity contribution is 5.33. The smallest absolute Gasteiger partial charge is 0.128 e. The van der Waals surface area contributed by atoms with Gasteiger partial charge in [-0.3, -0.25) is 0 Å². The fourth-order valence-electron chi connectivity index (χ4n) is 1.47. The van der Waals surface area contributed by atoms with Crippen molar-refractivity contribution in [2.24, 2.45) is 0 Å². The molecular formula is C12H12F2N2. The van der Waals surface area contributed by atoms with E-state index in [2.05, 4.69) is 4.98 Å². The van der Waals surface area contributed by atoms with Gasteiger partial charge >= 0.3 is 0 Å². The summed E-state index contributed by atoms with van der Waals surface area (Å²) in [4.78, 5) is 4.17. The number of hydrogen-bond donors (Lipinski definition) is 0. The second kappa shape index (κ2) is 4.04. The largest absolute Gasteiger partial charge is 0.306 e. The van der Waals surface area contributed by atoms with E-state index in [1.165, 1.54) is 12.1 Å². The first-order valence-electron chi connectivity index (χ1n) is 5.06. The minimum Gasteiger partial charge on any atom is -0.306 e. The molecule has 1 aromatic heterocycles. The molecule has 16 heavy (non-hydrogen) atoms. The van der Waals surface area contributed by atoms with Gasteiger partial charge in [-0.15, -0.1) is 0 Å². The van der Waals surface area contributed by atoms with Crippen molar-refractivity contribution in [2.75, 3.05) is 0 Å². The van der Waals surface area contributed by atoms with E-state index in [1.807, 2.05) is 13.8 Å². The highest BCUT2D eigenvalue weighted by Crippen LogP contribution is 2.16. The predicted molar refractivity (Wildman–Crippen MR) is 57.6 cm³/mol. The maximum atomic E-state index is 13.0. The van der Waals surface area contributed by atoms with Crippen LogP contribution in [0, 0.1) is 11.6 Å². The topological polar surface area (TPSA) is 17.8 Å². The van der Waals surface area contributed by atoms with Crippen LogP contribution < -0.4 is 0 Å². The molecule has 0 atom stereocenters. The van der Waals surface area contributed by atoms with Crippen LogP contribution in [0.1, 0.15) is 25.5 Å². The lowest BCUT2D eigenvalue weighted by Crippen LogP contribution is -1.93. The zero-order chi connectivity index (χ0) is 11.7. The average Bonchev–Trinajstić information content (AvgIpc) is 2.64. The third kappa shape index (κ3) is 2.10.